The molecule has 88 valence electrons. The van der Waals surface area contributed by atoms with Crippen molar-refractivity contribution < 1.29 is 5.11 Å². The predicted octanol–water partition coefficient (Wildman–Crippen LogP) is 4.23. The van der Waals surface area contributed by atoms with E-state index in [4.69, 9.17) is 0 Å². The topological polar surface area (TPSA) is 20.2 Å². The highest BCUT2D eigenvalue weighted by molar-refractivity contribution is 5.88. The van der Waals surface area contributed by atoms with E-state index in [0.29, 0.717) is 5.75 Å². The number of aromatic hydroxyl groups is 1. The van der Waals surface area contributed by atoms with Crippen LogP contribution in [0, 0.1) is 5.92 Å². The summed E-state index contributed by atoms with van der Waals surface area (Å²) in [6.07, 6.45) is 2.57. The molecule has 1 nitrogen and oxygen atoms in total. The summed E-state index contributed by atoms with van der Waals surface area (Å²) in [5.74, 6) is 1.17. The van der Waals surface area contributed by atoms with Crippen molar-refractivity contribution in [1.29, 1.82) is 0 Å². The first-order valence-electron chi connectivity index (χ1n) is 6.32. The summed E-state index contributed by atoms with van der Waals surface area (Å²) >= 11 is 0. The van der Waals surface area contributed by atoms with E-state index in [9.17, 15) is 5.11 Å². The Bertz CT molecular complexity index is 565. The second-order valence-electron chi connectivity index (χ2n) is 5.68. The van der Waals surface area contributed by atoms with Gasteiger partial charge in [-0.1, -0.05) is 44.2 Å². The van der Waals surface area contributed by atoms with E-state index in [1.165, 1.54) is 23.6 Å². The number of phenols is 1. The van der Waals surface area contributed by atoms with Crippen LogP contribution < -0.4 is 0 Å². The third kappa shape index (κ3) is 1.61. The fourth-order valence-electron chi connectivity index (χ4n) is 2.95. The smallest absolute Gasteiger partial charge is 0.119 e. The van der Waals surface area contributed by atoms with Gasteiger partial charge in [-0.15, -0.1) is 0 Å². The van der Waals surface area contributed by atoms with Crippen LogP contribution in [0.5, 0.6) is 5.75 Å². The summed E-state index contributed by atoms with van der Waals surface area (Å²) in [7, 11) is 0. The normalized spacial score (nSPS) is 16.4. The van der Waals surface area contributed by atoms with Gasteiger partial charge in [0.05, 0.1) is 0 Å². The summed E-state index contributed by atoms with van der Waals surface area (Å²) in [6, 6.07) is 12.2. The van der Waals surface area contributed by atoms with Crippen LogP contribution in [0.1, 0.15) is 32.3 Å². The van der Waals surface area contributed by atoms with Gasteiger partial charge in [0.15, 0.2) is 0 Å². The molecule has 0 aliphatic heterocycles. The average Bonchev–Trinajstić information content (AvgIpc) is 3.12. The summed E-state index contributed by atoms with van der Waals surface area (Å²) in [6.45, 7) is 4.51. The molecule has 17 heavy (non-hydrogen) atoms. The molecule has 1 fully saturated rings. The zero-order valence-corrected chi connectivity index (χ0v) is 10.4. The average molecular weight is 226 g/mol. The molecule has 0 saturated heterocycles. The van der Waals surface area contributed by atoms with Gasteiger partial charge in [0.1, 0.15) is 5.75 Å². The zero-order chi connectivity index (χ0) is 12.0. The highest BCUT2D eigenvalue weighted by Crippen LogP contribution is 2.50. The van der Waals surface area contributed by atoms with Crippen LogP contribution in [-0.2, 0) is 5.41 Å². The summed E-state index contributed by atoms with van der Waals surface area (Å²) < 4.78 is 0. The molecule has 0 radical (unpaired) electrons. The molecule has 0 atom stereocenters. The van der Waals surface area contributed by atoms with E-state index in [0.717, 1.165) is 11.5 Å². The van der Waals surface area contributed by atoms with Gasteiger partial charge in [-0.3, -0.25) is 0 Å². The zero-order valence-electron chi connectivity index (χ0n) is 10.4. The number of benzene rings is 2. The van der Waals surface area contributed by atoms with Crippen LogP contribution in [0.2, 0.25) is 0 Å². The van der Waals surface area contributed by atoms with E-state index in [-0.39, 0.29) is 5.41 Å². The van der Waals surface area contributed by atoms with Gasteiger partial charge in [-0.05, 0) is 41.0 Å². The molecular formula is C16H18O. The van der Waals surface area contributed by atoms with E-state index in [1.807, 2.05) is 24.3 Å². The van der Waals surface area contributed by atoms with Gasteiger partial charge in [-0.25, -0.2) is 0 Å². The van der Waals surface area contributed by atoms with Crippen molar-refractivity contribution >= 4 is 10.8 Å². The molecule has 2 aromatic carbocycles. The van der Waals surface area contributed by atoms with Crippen LogP contribution in [0.25, 0.3) is 10.8 Å². The number of rotatable bonds is 2. The van der Waals surface area contributed by atoms with E-state index >= 15 is 0 Å². The molecule has 1 heteroatoms. The Morgan fingerprint density at radius 2 is 1.76 bits per heavy atom. The SMILES string of the molecule is CC(C)(c1c(O)ccc2ccccc12)C1CC1. The van der Waals surface area contributed by atoms with E-state index in [1.54, 1.807) is 0 Å². The largest absolute Gasteiger partial charge is 0.508 e. The van der Waals surface area contributed by atoms with Gasteiger partial charge in [-0.2, -0.15) is 0 Å². The third-order valence-electron chi connectivity index (χ3n) is 4.15. The second kappa shape index (κ2) is 3.49. The van der Waals surface area contributed by atoms with E-state index < -0.39 is 0 Å². The molecule has 1 aliphatic carbocycles. The lowest BCUT2D eigenvalue weighted by Crippen LogP contribution is -2.20. The van der Waals surface area contributed by atoms with Gasteiger partial charge in [0, 0.05) is 5.56 Å². The molecule has 0 bridgehead atoms. The molecular weight excluding hydrogens is 208 g/mol. The minimum Gasteiger partial charge on any atom is -0.508 e. The minimum atomic E-state index is 0.0744. The van der Waals surface area contributed by atoms with Crippen molar-refractivity contribution in [1.82, 2.24) is 0 Å². The monoisotopic (exact) mass is 226 g/mol. The first-order chi connectivity index (χ1) is 8.10. The predicted molar refractivity (Wildman–Crippen MR) is 71.4 cm³/mol. The number of phenolic OH excluding ortho intramolecular Hbond substituents is 1. The number of hydrogen-bond donors (Lipinski definition) is 1. The van der Waals surface area contributed by atoms with Gasteiger partial charge >= 0.3 is 0 Å². The molecule has 1 saturated carbocycles. The van der Waals surface area contributed by atoms with Gasteiger partial charge in [0.25, 0.3) is 0 Å². The quantitative estimate of drug-likeness (QED) is 0.812. The molecule has 3 rings (SSSR count). The number of hydrogen-bond acceptors (Lipinski definition) is 1. The molecule has 1 N–H and O–H groups in total. The van der Waals surface area contributed by atoms with Gasteiger partial charge in [0.2, 0.25) is 0 Å². The third-order valence-corrected chi connectivity index (χ3v) is 4.15. The Hall–Kier alpha value is -1.50. The Morgan fingerprint density at radius 1 is 1.06 bits per heavy atom. The lowest BCUT2D eigenvalue weighted by Gasteiger charge is -2.27. The minimum absolute atomic E-state index is 0.0744. The molecule has 0 heterocycles. The van der Waals surface area contributed by atoms with Crippen molar-refractivity contribution in [3.63, 3.8) is 0 Å². The summed E-state index contributed by atoms with van der Waals surface area (Å²) in [5.41, 5.74) is 1.20. The molecule has 0 aromatic heterocycles. The summed E-state index contributed by atoms with van der Waals surface area (Å²) in [4.78, 5) is 0. The van der Waals surface area contributed by atoms with Gasteiger partial charge < -0.3 is 5.11 Å². The van der Waals surface area contributed by atoms with Crippen LogP contribution in [-0.4, -0.2) is 5.11 Å². The van der Waals surface area contributed by atoms with Crippen molar-refractivity contribution in [2.45, 2.75) is 32.1 Å². The second-order valence-corrected chi connectivity index (χ2v) is 5.68. The maximum absolute atomic E-state index is 10.2. The lowest BCUT2D eigenvalue weighted by molar-refractivity contribution is 0.410. The molecule has 2 aromatic rings. The lowest BCUT2D eigenvalue weighted by atomic mass is 9.77. The Kier molecular flexibility index (Phi) is 2.19. The van der Waals surface area contributed by atoms with Crippen LogP contribution >= 0.6 is 0 Å². The fraction of sp³-hybridized carbons (Fsp3) is 0.375. The molecule has 0 amide bonds. The Balaban J connectivity index is 2.30. The Morgan fingerprint density at radius 3 is 2.47 bits per heavy atom. The van der Waals surface area contributed by atoms with Crippen LogP contribution in [0.3, 0.4) is 0 Å². The van der Waals surface area contributed by atoms with Crippen LogP contribution in [0.4, 0.5) is 0 Å². The molecule has 0 unspecified atom stereocenters. The molecule has 1 aliphatic rings. The van der Waals surface area contributed by atoms with E-state index in [2.05, 4.69) is 26.0 Å². The van der Waals surface area contributed by atoms with Crippen LogP contribution in [0.15, 0.2) is 36.4 Å². The highest BCUT2D eigenvalue weighted by atomic mass is 16.3. The van der Waals surface area contributed by atoms with Crippen molar-refractivity contribution in [3.05, 3.63) is 42.0 Å². The maximum atomic E-state index is 10.2. The van der Waals surface area contributed by atoms with Crippen molar-refractivity contribution in [3.8, 4) is 5.75 Å². The first-order valence-corrected chi connectivity index (χ1v) is 6.32. The Labute approximate surface area is 102 Å². The first kappa shape index (κ1) is 10.6. The molecule has 0 spiro atoms. The fourth-order valence-corrected chi connectivity index (χ4v) is 2.95. The highest BCUT2D eigenvalue weighted by Gasteiger charge is 2.41. The standard InChI is InChI=1S/C16H18O/c1-16(2,12-8-9-12)15-13-6-4-3-5-11(13)7-10-14(15)17/h3-7,10,12,17H,8-9H2,1-2H3. The van der Waals surface area contributed by atoms with Crippen molar-refractivity contribution in [2.24, 2.45) is 5.92 Å². The number of fused-ring (bicyclic) bond motifs is 1. The van der Waals surface area contributed by atoms with Crippen molar-refractivity contribution in [2.75, 3.05) is 0 Å². The summed E-state index contributed by atoms with van der Waals surface area (Å²) in [5, 5.41) is 12.6. The maximum Gasteiger partial charge on any atom is 0.119 e.